The molecule has 5 rings (SSSR count). The Labute approximate surface area is 180 Å². The van der Waals surface area contributed by atoms with Gasteiger partial charge in [0.15, 0.2) is 0 Å². The van der Waals surface area contributed by atoms with Crippen LogP contribution in [0.4, 0.5) is 0 Å². The second kappa shape index (κ2) is 7.93. The molecule has 1 saturated carbocycles. The van der Waals surface area contributed by atoms with Gasteiger partial charge in [0.05, 0.1) is 5.60 Å². The molecule has 3 atom stereocenters. The number of carbonyl (C=O) groups excluding carboxylic acids is 1. The van der Waals surface area contributed by atoms with E-state index in [4.69, 9.17) is 0 Å². The molecule has 0 bridgehead atoms. The zero-order chi connectivity index (χ0) is 20.6. The summed E-state index contributed by atoms with van der Waals surface area (Å²) in [4.78, 5) is 24.2. The van der Waals surface area contributed by atoms with Gasteiger partial charge >= 0.3 is 0 Å². The molecule has 6 heteroatoms. The highest BCUT2D eigenvalue weighted by molar-refractivity contribution is 7.13. The molecule has 3 unspecified atom stereocenters. The molecular weight excluding hydrogens is 394 g/mol. The van der Waals surface area contributed by atoms with Crippen LogP contribution in [0.25, 0.3) is 10.6 Å². The molecule has 30 heavy (non-hydrogen) atoms. The Bertz CT molecular complexity index is 1020. The van der Waals surface area contributed by atoms with Gasteiger partial charge in [0.25, 0.3) is 5.91 Å². The second-order valence-corrected chi connectivity index (χ2v) is 9.13. The average Bonchev–Trinajstić information content (AvgIpc) is 3.31. The molecule has 0 spiro atoms. The van der Waals surface area contributed by atoms with E-state index < -0.39 is 5.60 Å². The van der Waals surface area contributed by atoms with E-state index >= 15 is 0 Å². The van der Waals surface area contributed by atoms with Crippen molar-refractivity contribution in [3.63, 3.8) is 0 Å². The lowest BCUT2D eigenvalue weighted by atomic mass is 9.66. The monoisotopic (exact) mass is 419 g/mol. The van der Waals surface area contributed by atoms with E-state index in [1.54, 1.807) is 12.4 Å². The van der Waals surface area contributed by atoms with Gasteiger partial charge in [-0.15, -0.1) is 11.3 Å². The highest BCUT2D eigenvalue weighted by Gasteiger charge is 2.50. The number of benzene rings is 1. The molecule has 2 fully saturated rings. The molecule has 1 aliphatic heterocycles. The lowest BCUT2D eigenvalue weighted by Crippen LogP contribution is -2.59. The summed E-state index contributed by atoms with van der Waals surface area (Å²) in [6.45, 7) is 0.547. The SMILES string of the molecule is O=C(c1csc(-c2cccnc2)n1)N1CCC(O)(c2ccccc2)C2CCCCC21. The normalized spacial score (nSPS) is 26.2. The Kier molecular flexibility index (Phi) is 5.13. The fourth-order valence-corrected chi connectivity index (χ4v) is 5.95. The quantitative estimate of drug-likeness (QED) is 0.679. The van der Waals surface area contributed by atoms with Gasteiger partial charge in [-0.05, 0) is 37.0 Å². The van der Waals surface area contributed by atoms with E-state index in [1.165, 1.54) is 11.3 Å². The lowest BCUT2D eigenvalue weighted by molar-refractivity contribution is -0.110. The van der Waals surface area contributed by atoms with Crippen molar-refractivity contribution in [2.45, 2.75) is 43.7 Å². The summed E-state index contributed by atoms with van der Waals surface area (Å²) < 4.78 is 0. The number of hydrogen-bond acceptors (Lipinski definition) is 5. The lowest BCUT2D eigenvalue weighted by Gasteiger charge is -2.52. The summed E-state index contributed by atoms with van der Waals surface area (Å²) in [5, 5.41) is 14.4. The van der Waals surface area contributed by atoms with Crippen LogP contribution >= 0.6 is 11.3 Å². The van der Waals surface area contributed by atoms with E-state index in [0.717, 1.165) is 41.8 Å². The average molecular weight is 420 g/mol. The van der Waals surface area contributed by atoms with E-state index in [0.29, 0.717) is 18.7 Å². The standard InChI is InChI=1S/C24H25N3O2S/c28-23(20-16-30-22(26-20)17-7-6-13-25-15-17)27-14-12-24(29,18-8-2-1-3-9-18)19-10-4-5-11-21(19)27/h1-3,6-9,13,15-16,19,21,29H,4-5,10-12,14H2. The van der Waals surface area contributed by atoms with Gasteiger partial charge in [-0.25, -0.2) is 4.98 Å². The highest BCUT2D eigenvalue weighted by atomic mass is 32.1. The van der Waals surface area contributed by atoms with Crippen molar-refractivity contribution in [1.29, 1.82) is 0 Å². The van der Waals surface area contributed by atoms with E-state index in [-0.39, 0.29) is 17.9 Å². The maximum Gasteiger partial charge on any atom is 0.273 e. The predicted octanol–water partition coefficient (Wildman–Crippen LogP) is 4.50. The smallest absolute Gasteiger partial charge is 0.273 e. The number of piperidine rings is 1. The fraction of sp³-hybridized carbons (Fsp3) is 0.375. The third kappa shape index (κ3) is 3.34. The number of aromatic nitrogens is 2. The second-order valence-electron chi connectivity index (χ2n) is 8.28. The Balaban J connectivity index is 1.42. The van der Waals surface area contributed by atoms with Crippen molar-refractivity contribution in [2.75, 3.05) is 6.54 Å². The highest BCUT2D eigenvalue weighted by Crippen LogP contribution is 2.47. The summed E-state index contributed by atoms with van der Waals surface area (Å²) >= 11 is 1.47. The van der Waals surface area contributed by atoms with Crippen LogP contribution < -0.4 is 0 Å². The molecule has 2 aromatic heterocycles. The molecule has 154 valence electrons. The maximum absolute atomic E-state index is 13.4. The van der Waals surface area contributed by atoms with Crippen molar-refractivity contribution in [3.05, 3.63) is 71.5 Å². The number of amides is 1. The maximum atomic E-state index is 13.4. The summed E-state index contributed by atoms with van der Waals surface area (Å²) in [6.07, 6.45) is 8.12. The summed E-state index contributed by atoms with van der Waals surface area (Å²) in [7, 11) is 0. The van der Waals surface area contributed by atoms with E-state index in [2.05, 4.69) is 9.97 Å². The number of carbonyl (C=O) groups is 1. The van der Waals surface area contributed by atoms with E-state index in [1.807, 2.05) is 52.7 Å². The number of aliphatic hydroxyl groups is 1. The van der Waals surface area contributed by atoms with Crippen molar-refractivity contribution in [1.82, 2.24) is 14.9 Å². The number of hydrogen-bond donors (Lipinski definition) is 1. The first-order valence-electron chi connectivity index (χ1n) is 10.6. The van der Waals surface area contributed by atoms with Gasteiger partial charge in [-0.2, -0.15) is 0 Å². The summed E-state index contributed by atoms with van der Waals surface area (Å²) in [6, 6.07) is 13.9. The zero-order valence-corrected chi connectivity index (χ0v) is 17.6. The van der Waals surface area contributed by atoms with Gasteiger partial charge in [0.1, 0.15) is 10.7 Å². The minimum atomic E-state index is -0.869. The van der Waals surface area contributed by atoms with E-state index in [9.17, 15) is 9.90 Å². The first-order valence-corrected chi connectivity index (χ1v) is 11.5. The molecular formula is C24H25N3O2S. The Hall–Kier alpha value is -2.57. The Morgan fingerprint density at radius 3 is 2.77 bits per heavy atom. The third-order valence-corrected chi connectivity index (χ3v) is 7.53. The summed E-state index contributed by atoms with van der Waals surface area (Å²) in [5.74, 6) is 0.0381. The number of nitrogens with zero attached hydrogens (tertiary/aromatic N) is 3. The molecule has 1 amide bonds. The number of fused-ring (bicyclic) bond motifs is 1. The van der Waals surface area contributed by atoms with Gasteiger partial charge < -0.3 is 10.0 Å². The number of pyridine rings is 1. The first-order chi connectivity index (χ1) is 14.7. The van der Waals surface area contributed by atoms with Crippen molar-refractivity contribution in [2.24, 2.45) is 5.92 Å². The Morgan fingerprint density at radius 1 is 1.13 bits per heavy atom. The van der Waals surface area contributed by atoms with Crippen molar-refractivity contribution >= 4 is 17.2 Å². The third-order valence-electron chi connectivity index (χ3n) is 6.64. The van der Waals surface area contributed by atoms with Gasteiger partial charge in [-0.3, -0.25) is 9.78 Å². The van der Waals surface area contributed by atoms with Crippen LogP contribution in [0.5, 0.6) is 0 Å². The minimum absolute atomic E-state index is 0.0200. The Morgan fingerprint density at radius 2 is 1.97 bits per heavy atom. The van der Waals surface area contributed by atoms with Crippen LogP contribution in [0.1, 0.15) is 48.2 Å². The number of likely N-dealkylation sites (tertiary alicyclic amines) is 1. The van der Waals surface area contributed by atoms with Crippen molar-refractivity contribution in [3.8, 4) is 10.6 Å². The largest absolute Gasteiger partial charge is 0.385 e. The molecule has 1 aliphatic carbocycles. The zero-order valence-electron chi connectivity index (χ0n) is 16.8. The first kappa shape index (κ1) is 19.4. The fourth-order valence-electron chi connectivity index (χ4n) is 5.16. The molecule has 0 radical (unpaired) electrons. The van der Waals surface area contributed by atoms with Gasteiger partial charge in [0, 0.05) is 41.8 Å². The molecule has 3 heterocycles. The van der Waals surface area contributed by atoms with Crippen LogP contribution in [0, 0.1) is 5.92 Å². The van der Waals surface area contributed by atoms with Gasteiger partial charge in [0.2, 0.25) is 0 Å². The van der Waals surface area contributed by atoms with Crippen LogP contribution in [-0.2, 0) is 5.60 Å². The molecule has 1 aromatic carbocycles. The minimum Gasteiger partial charge on any atom is -0.385 e. The van der Waals surface area contributed by atoms with Crippen LogP contribution in [0.15, 0.2) is 60.2 Å². The van der Waals surface area contributed by atoms with Gasteiger partial charge in [-0.1, -0.05) is 43.2 Å². The predicted molar refractivity (Wildman–Crippen MR) is 117 cm³/mol. The molecule has 1 N–H and O–H groups in total. The topological polar surface area (TPSA) is 66.3 Å². The number of thiazole rings is 1. The van der Waals surface area contributed by atoms with Crippen LogP contribution in [-0.4, -0.2) is 38.5 Å². The molecule has 2 aliphatic rings. The molecule has 5 nitrogen and oxygen atoms in total. The summed E-state index contributed by atoms with van der Waals surface area (Å²) in [5.41, 5.74) is 1.52. The van der Waals surface area contributed by atoms with Crippen LogP contribution in [0.2, 0.25) is 0 Å². The molecule has 3 aromatic rings. The van der Waals surface area contributed by atoms with Crippen molar-refractivity contribution < 1.29 is 9.90 Å². The number of rotatable bonds is 3. The molecule has 1 saturated heterocycles. The van der Waals surface area contributed by atoms with Crippen LogP contribution in [0.3, 0.4) is 0 Å².